The van der Waals surface area contributed by atoms with Gasteiger partial charge in [0, 0.05) is 0 Å². The summed E-state index contributed by atoms with van der Waals surface area (Å²) in [5.74, 6) is 0. The van der Waals surface area contributed by atoms with Crippen LogP contribution in [-0.2, 0) is 35.1 Å². The van der Waals surface area contributed by atoms with Gasteiger partial charge < -0.3 is 24.8 Å². The van der Waals surface area contributed by atoms with Gasteiger partial charge >= 0.3 is 59.5 Å². The van der Waals surface area contributed by atoms with E-state index in [0.29, 0.717) is 0 Å². The number of rotatable bonds is 1. The monoisotopic (exact) mass is 583 g/mol. The number of halogens is 2. The van der Waals surface area contributed by atoms with Crippen LogP contribution >= 0.6 is 0 Å². The molecule has 0 amide bonds. The fourth-order valence-electron chi connectivity index (χ4n) is 5.14. The molecule has 1 saturated carbocycles. The van der Waals surface area contributed by atoms with Crippen LogP contribution in [-0.4, -0.2) is 3.21 Å². The molecule has 0 bridgehead atoms. The summed E-state index contributed by atoms with van der Waals surface area (Å²) in [7, 11) is 0. The first-order valence-corrected chi connectivity index (χ1v) is 13.9. The summed E-state index contributed by atoms with van der Waals surface area (Å²) in [6.45, 7) is 13.8. The molecule has 3 aromatic rings. The quantitative estimate of drug-likeness (QED) is 0.385. The van der Waals surface area contributed by atoms with Gasteiger partial charge in [-0.05, 0) is 17.3 Å². The zero-order chi connectivity index (χ0) is 23.8. The first-order valence-electron chi connectivity index (χ1n) is 12.7. The van der Waals surface area contributed by atoms with Gasteiger partial charge in [0.25, 0.3) is 0 Å². The first kappa shape index (κ1) is 30.3. The van der Waals surface area contributed by atoms with Crippen LogP contribution in [0, 0.1) is 0 Å². The molecule has 2 aliphatic carbocycles. The Morgan fingerprint density at radius 2 is 1.46 bits per heavy atom. The van der Waals surface area contributed by atoms with Crippen molar-refractivity contribution in [3.8, 4) is 0 Å². The van der Waals surface area contributed by atoms with E-state index in [4.69, 9.17) is 0 Å². The summed E-state index contributed by atoms with van der Waals surface area (Å²) in [6, 6.07) is 14.1. The van der Waals surface area contributed by atoms with Crippen molar-refractivity contribution in [1.82, 2.24) is 0 Å². The molecule has 1 fully saturated rings. The summed E-state index contributed by atoms with van der Waals surface area (Å²) >= 11 is 1.69. The Morgan fingerprint density at radius 1 is 0.800 bits per heavy atom. The maximum atomic E-state index is 2.42. The van der Waals surface area contributed by atoms with Crippen molar-refractivity contribution < 1.29 is 49.0 Å². The van der Waals surface area contributed by atoms with Crippen LogP contribution in [0.5, 0.6) is 0 Å². The Labute approximate surface area is 240 Å². The van der Waals surface area contributed by atoms with E-state index >= 15 is 0 Å². The Hall–Kier alpha value is -0.877. The molecule has 0 spiro atoms. The molecule has 0 atom stereocenters. The van der Waals surface area contributed by atoms with Crippen molar-refractivity contribution in [2.75, 3.05) is 0 Å². The molecule has 3 heteroatoms. The van der Waals surface area contributed by atoms with Crippen molar-refractivity contribution >= 4 is 30.3 Å². The van der Waals surface area contributed by atoms with E-state index in [1.54, 1.807) is 27.4 Å². The minimum atomic E-state index is 0. The molecule has 0 aromatic heterocycles. The standard InChI is InChI=1S/C26H29.C6H10.2ClH.Zr/c1-25(2,3)19-11-12-20-18(15-19)16-22-21(20)13-14-23(26(4,5)6)24(22)17-9-7-8-10-17;1-2-4-6-5-3-1;;;/h7-9,11-16H,10H2,1-6H3;1-5H2;2*1H;/q-1;;;;+2/p-2. The first-order chi connectivity index (χ1) is 15.6. The zero-order valence-corrected chi connectivity index (χ0v) is 26.2. The Bertz CT molecular complexity index is 1230. The SMILES string of the molecule is CC(C)(C)c1ccc2c(c1)[cH-]c1c(C3=CC=CC3)c(C(C)(C)C)ccc12.[Cl-].[Cl-].[Zr+2]=[C]1CCCCC1. The van der Waals surface area contributed by atoms with Crippen LogP contribution in [0.1, 0.15) is 96.8 Å². The normalized spacial score (nSPS) is 15.9. The van der Waals surface area contributed by atoms with Crippen molar-refractivity contribution in [1.29, 1.82) is 0 Å². The van der Waals surface area contributed by atoms with Crippen LogP contribution in [0.4, 0.5) is 0 Å². The predicted molar refractivity (Wildman–Crippen MR) is 144 cm³/mol. The summed E-state index contributed by atoms with van der Waals surface area (Å²) in [6.07, 6.45) is 15.1. The Morgan fingerprint density at radius 3 is 1.97 bits per heavy atom. The summed E-state index contributed by atoms with van der Waals surface area (Å²) in [4.78, 5) is 0. The molecule has 5 rings (SSSR count). The molecule has 35 heavy (non-hydrogen) atoms. The molecule has 3 aromatic carbocycles. The Kier molecular flexibility index (Phi) is 10.5. The minimum absolute atomic E-state index is 0. The number of hydrogen-bond acceptors (Lipinski definition) is 0. The topological polar surface area (TPSA) is 0 Å². The summed E-state index contributed by atoms with van der Waals surface area (Å²) < 4.78 is 1.80. The van der Waals surface area contributed by atoms with Crippen molar-refractivity contribution in [3.63, 3.8) is 0 Å². The number of hydrogen-bond donors (Lipinski definition) is 0. The van der Waals surface area contributed by atoms with Crippen LogP contribution < -0.4 is 24.8 Å². The number of allylic oxidation sites excluding steroid dienone is 4. The second-order valence-corrected chi connectivity index (χ2v) is 13.6. The molecule has 186 valence electrons. The summed E-state index contributed by atoms with van der Waals surface area (Å²) in [5, 5.41) is 5.54. The molecular weight excluding hydrogens is 546 g/mol. The van der Waals surface area contributed by atoms with Crippen LogP contribution in [0.15, 0.2) is 54.6 Å². The molecular formula is C32H39Cl2Zr-. The van der Waals surface area contributed by atoms with Gasteiger partial charge in [0.2, 0.25) is 0 Å². The van der Waals surface area contributed by atoms with Gasteiger partial charge in [-0.15, -0.1) is 33.7 Å². The van der Waals surface area contributed by atoms with E-state index in [2.05, 4.69) is 96.2 Å². The van der Waals surface area contributed by atoms with Gasteiger partial charge in [-0.2, -0.15) is 0 Å². The van der Waals surface area contributed by atoms with Gasteiger partial charge in [-0.3, -0.25) is 0 Å². The van der Waals surface area contributed by atoms with Crippen molar-refractivity contribution in [2.45, 2.75) is 90.9 Å². The molecule has 0 radical (unpaired) electrons. The van der Waals surface area contributed by atoms with E-state index in [1.165, 1.54) is 75.9 Å². The third-order valence-electron chi connectivity index (χ3n) is 7.11. The van der Waals surface area contributed by atoms with Gasteiger partial charge in [0.05, 0.1) is 0 Å². The van der Waals surface area contributed by atoms with E-state index in [-0.39, 0.29) is 35.6 Å². The third-order valence-corrected chi connectivity index (χ3v) is 8.34. The zero-order valence-electron chi connectivity index (χ0n) is 22.2. The van der Waals surface area contributed by atoms with Crippen LogP contribution in [0.2, 0.25) is 0 Å². The number of fused-ring (bicyclic) bond motifs is 3. The summed E-state index contributed by atoms with van der Waals surface area (Å²) in [5.41, 5.74) is 6.06. The average Bonchev–Trinajstić information content (AvgIpc) is 3.40. The van der Waals surface area contributed by atoms with Crippen molar-refractivity contribution in [2.24, 2.45) is 0 Å². The van der Waals surface area contributed by atoms with E-state index in [1.807, 2.05) is 0 Å². The Balaban J connectivity index is 0.000000417. The molecule has 0 unspecified atom stereocenters. The second kappa shape index (κ2) is 12.1. The number of benzene rings is 2. The second-order valence-electron chi connectivity index (χ2n) is 11.9. The van der Waals surface area contributed by atoms with Crippen LogP contribution in [0.25, 0.3) is 27.1 Å². The molecule has 2 aliphatic rings. The van der Waals surface area contributed by atoms with Crippen LogP contribution in [0.3, 0.4) is 0 Å². The van der Waals surface area contributed by atoms with Gasteiger partial charge in [0.15, 0.2) is 0 Å². The van der Waals surface area contributed by atoms with E-state index < -0.39 is 0 Å². The molecule has 0 N–H and O–H groups in total. The van der Waals surface area contributed by atoms with Gasteiger partial charge in [-0.25, -0.2) is 0 Å². The molecule has 0 aliphatic heterocycles. The van der Waals surface area contributed by atoms with E-state index in [0.717, 1.165) is 6.42 Å². The molecule has 0 nitrogen and oxygen atoms in total. The maximum absolute atomic E-state index is 2.42. The van der Waals surface area contributed by atoms with E-state index in [9.17, 15) is 0 Å². The molecule has 0 heterocycles. The predicted octanol–water partition coefficient (Wildman–Crippen LogP) is 3.33. The third kappa shape index (κ3) is 6.91. The van der Waals surface area contributed by atoms with Crippen molar-refractivity contribution in [3.05, 3.63) is 71.3 Å². The average molecular weight is 586 g/mol. The van der Waals surface area contributed by atoms with Gasteiger partial charge in [-0.1, -0.05) is 106 Å². The fraction of sp³-hybridized carbons (Fsp3) is 0.438. The fourth-order valence-corrected chi connectivity index (χ4v) is 6.00. The van der Waals surface area contributed by atoms with Gasteiger partial charge in [0.1, 0.15) is 0 Å². The molecule has 0 saturated heterocycles.